The topological polar surface area (TPSA) is 84.1 Å². The predicted octanol–water partition coefficient (Wildman–Crippen LogP) is 2.58. The molecule has 0 saturated carbocycles. The highest BCUT2D eigenvalue weighted by Gasteiger charge is 2.33. The fourth-order valence-electron chi connectivity index (χ4n) is 2.22. The third kappa shape index (κ3) is 4.28. The van der Waals surface area contributed by atoms with Crippen LogP contribution in [0.3, 0.4) is 0 Å². The molecular formula is C12H18ClN5O3S. The van der Waals surface area contributed by atoms with Crippen LogP contribution in [0, 0.1) is 10.1 Å². The van der Waals surface area contributed by atoms with E-state index in [0.29, 0.717) is 17.0 Å². The number of aromatic nitrogens is 1. The monoisotopic (exact) mass is 347 g/mol. The summed E-state index contributed by atoms with van der Waals surface area (Å²) in [6, 6.07) is 0. The Morgan fingerprint density at radius 2 is 2.45 bits per heavy atom. The smallest absolute Gasteiger partial charge is 0.277 e. The van der Waals surface area contributed by atoms with Crippen LogP contribution in [0.15, 0.2) is 11.3 Å². The van der Waals surface area contributed by atoms with E-state index in [1.54, 1.807) is 23.0 Å². The average Bonchev–Trinajstić information content (AvgIpc) is 2.87. The summed E-state index contributed by atoms with van der Waals surface area (Å²) in [6.07, 6.45) is 4.21. The fourth-order valence-corrected chi connectivity index (χ4v) is 3.19. The molecule has 0 radical (unpaired) electrons. The molecule has 0 aromatic carbocycles. The molecule has 22 heavy (non-hydrogen) atoms. The zero-order valence-corrected chi connectivity index (χ0v) is 14.0. The van der Waals surface area contributed by atoms with Gasteiger partial charge in [0.1, 0.15) is 18.1 Å². The average molecular weight is 348 g/mol. The number of nitrogens with zero attached hydrogens (tertiary/aromatic N) is 5. The van der Waals surface area contributed by atoms with E-state index in [1.807, 2.05) is 0 Å². The molecule has 1 atom stereocenters. The van der Waals surface area contributed by atoms with Crippen molar-refractivity contribution in [3.63, 3.8) is 0 Å². The molecule has 0 bridgehead atoms. The number of hydrogen-bond acceptors (Lipinski definition) is 5. The van der Waals surface area contributed by atoms with Crippen LogP contribution in [0.5, 0.6) is 0 Å². The standard InChI is InChI=1S/C12H18ClN5O3S/c1-3-4-5-10-17(7-9-6-14-11(13)22-9)12(15-18(19)20)16(2)8-21-10/h6,10H,3-5,7-8H2,1-2H3. The first-order valence-electron chi connectivity index (χ1n) is 6.93. The molecule has 2 heterocycles. The molecule has 10 heteroatoms. The first-order chi connectivity index (χ1) is 10.5. The van der Waals surface area contributed by atoms with E-state index in [1.165, 1.54) is 11.3 Å². The molecule has 1 aromatic heterocycles. The summed E-state index contributed by atoms with van der Waals surface area (Å²) in [6.45, 7) is 2.80. The van der Waals surface area contributed by atoms with Crippen molar-refractivity contribution >= 4 is 28.9 Å². The summed E-state index contributed by atoms with van der Waals surface area (Å²) in [7, 11) is 1.71. The normalized spacial score (nSPS) is 20.7. The molecule has 122 valence electrons. The number of guanidine groups is 1. The van der Waals surface area contributed by atoms with E-state index < -0.39 is 5.03 Å². The van der Waals surface area contributed by atoms with Crippen molar-refractivity contribution < 1.29 is 9.77 Å². The molecular weight excluding hydrogens is 330 g/mol. The summed E-state index contributed by atoms with van der Waals surface area (Å²) in [5.74, 6) is 0.293. The highest BCUT2D eigenvalue weighted by atomic mass is 35.5. The van der Waals surface area contributed by atoms with Crippen molar-refractivity contribution in [3.05, 3.63) is 25.7 Å². The Morgan fingerprint density at radius 3 is 3.05 bits per heavy atom. The van der Waals surface area contributed by atoms with Crippen molar-refractivity contribution in [2.24, 2.45) is 5.10 Å². The van der Waals surface area contributed by atoms with Gasteiger partial charge in [-0.25, -0.2) is 15.1 Å². The Kier molecular flexibility index (Phi) is 5.92. The van der Waals surface area contributed by atoms with Crippen LogP contribution in [-0.4, -0.2) is 45.8 Å². The zero-order chi connectivity index (χ0) is 16.1. The molecule has 1 fully saturated rings. The lowest BCUT2D eigenvalue weighted by Crippen LogP contribution is -2.55. The molecule has 0 amide bonds. The molecule has 1 unspecified atom stereocenters. The van der Waals surface area contributed by atoms with Crippen LogP contribution < -0.4 is 0 Å². The Balaban J connectivity index is 2.24. The summed E-state index contributed by atoms with van der Waals surface area (Å²) >= 11 is 7.20. The largest absolute Gasteiger partial charge is 0.338 e. The van der Waals surface area contributed by atoms with Gasteiger partial charge in [-0.1, -0.05) is 24.9 Å². The maximum Gasteiger partial charge on any atom is 0.277 e. The number of nitro groups is 1. The van der Waals surface area contributed by atoms with E-state index in [-0.39, 0.29) is 13.0 Å². The van der Waals surface area contributed by atoms with Gasteiger partial charge in [0.25, 0.3) is 5.96 Å². The lowest BCUT2D eigenvalue weighted by molar-refractivity contribution is -0.487. The fraction of sp³-hybridized carbons (Fsp3) is 0.667. The first kappa shape index (κ1) is 16.9. The summed E-state index contributed by atoms with van der Waals surface area (Å²) in [4.78, 5) is 19.2. The maximum absolute atomic E-state index is 10.8. The summed E-state index contributed by atoms with van der Waals surface area (Å²) in [5.41, 5.74) is 0. The Bertz CT molecular complexity index is 551. The van der Waals surface area contributed by atoms with Gasteiger partial charge in [0.15, 0.2) is 9.50 Å². The second kappa shape index (κ2) is 7.70. The summed E-state index contributed by atoms with van der Waals surface area (Å²) < 4.78 is 6.24. The Hall–Kier alpha value is -1.45. The van der Waals surface area contributed by atoms with Gasteiger partial charge in [0.2, 0.25) is 0 Å². The number of hydrazone groups is 1. The van der Waals surface area contributed by atoms with Gasteiger partial charge in [0.05, 0.1) is 6.54 Å². The molecule has 8 nitrogen and oxygen atoms in total. The minimum Gasteiger partial charge on any atom is -0.338 e. The molecule has 0 aliphatic carbocycles. The number of thiazole rings is 1. The Morgan fingerprint density at radius 1 is 1.68 bits per heavy atom. The molecule has 1 aliphatic rings. The third-order valence-electron chi connectivity index (χ3n) is 3.23. The molecule has 1 aromatic rings. The van der Waals surface area contributed by atoms with Crippen LogP contribution in [0.4, 0.5) is 0 Å². The van der Waals surface area contributed by atoms with E-state index in [9.17, 15) is 10.1 Å². The first-order valence-corrected chi connectivity index (χ1v) is 8.13. The minimum atomic E-state index is -0.680. The second-order valence-electron chi connectivity index (χ2n) is 4.94. The van der Waals surface area contributed by atoms with E-state index in [4.69, 9.17) is 16.3 Å². The number of hydrogen-bond donors (Lipinski definition) is 0. The van der Waals surface area contributed by atoms with Crippen LogP contribution >= 0.6 is 22.9 Å². The van der Waals surface area contributed by atoms with Gasteiger partial charge in [-0.3, -0.25) is 0 Å². The lowest BCUT2D eigenvalue weighted by atomic mass is 10.2. The predicted molar refractivity (Wildman–Crippen MR) is 84.1 cm³/mol. The van der Waals surface area contributed by atoms with Crippen molar-refractivity contribution in [2.75, 3.05) is 13.8 Å². The van der Waals surface area contributed by atoms with E-state index in [0.717, 1.165) is 24.1 Å². The lowest BCUT2D eigenvalue weighted by Gasteiger charge is -2.41. The maximum atomic E-state index is 10.8. The number of ether oxygens (including phenoxy) is 1. The quantitative estimate of drug-likeness (QED) is 0.581. The zero-order valence-electron chi connectivity index (χ0n) is 12.4. The van der Waals surface area contributed by atoms with E-state index in [2.05, 4.69) is 17.0 Å². The SMILES string of the molecule is CCCCC1OCN(C)C(=N[N+](=O)[O-])N1Cc1cnc(Cl)s1. The van der Waals surface area contributed by atoms with Crippen molar-refractivity contribution in [1.82, 2.24) is 14.8 Å². The van der Waals surface area contributed by atoms with Crippen LogP contribution in [0.2, 0.25) is 4.47 Å². The molecule has 1 saturated heterocycles. The van der Waals surface area contributed by atoms with Crippen LogP contribution in [0.25, 0.3) is 0 Å². The van der Waals surface area contributed by atoms with Gasteiger partial charge in [-0.2, -0.15) is 0 Å². The van der Waals surface area contributed by atoms with E-state index >= 15 is 0 Å². The van der Waals surface area contributed by atoms with Gasteiger partial charge >= 0.3 is 0 Å². The van der Waals surface area contributed by atoms with Crippen molar-refractivity contribution in [2.45, 2.75) is 39.0 Å². The summed E-state index contributed by atoms with van der Waals surface area (Å²) in [5, 5.41) is 13.7. The minimum absolute atomic E-state index is 0.240. The highest BCUT2D eigenvalue weighted by Crippen LogP contribution is 2.24. The number of unbranched alkanes of at least 4 members (excludes halogenated alkanes) is 1. The Labute approximate surface area is 137 Å². The molecule has 0 N–H and O–H groups in total. The molecule has 0 spiro atoms. The highest BCUT2D eigenvalue weighted by molar-refractivity contribution is 7.15. The van der Waals surface area contributed by atoms with Gasteiger partial charge in [0, 0.05) is 18.1 Å². The van der Waals surface area contributed by atoms with Crippen molar-refractivity contribution in [1.29, 1.82) is 0 Å². The van der Waals surface area contributed by atoms with Gasteiger partial charge in [-0.15, -0.1) is 11.3 Å². The van der Waals surface area contributed by atoms with Crippen molar-refractivity contribution in [3.8, 4) is 0 Å². The van der Waals surface area contributed by atoms with Gasteiger partial charge < -0.3 is 14.5 Å². The molecule has 2 rings (SSSR count). The molecule has 1 aliphatic heterocycles. The number of halogens is 1. The van der Waals surface area contributed by atoms with Crippen LogP contribution in [-0.2, 0) is 11.3 Å². The van der Waals surface area contributed by atoms with Gasteiger partial charge in [-0.05, 0) is 12.8 Å². The van der Waals surface area contributed by atoms with Crippen LogP contribution in [0.1, 0.15) is 31.1 Å². The second-order valence-corrected chi connectivity index (χ2v) is 6.63. The number of rotatable bonds is 6. The third-order valence-corrected chi connectivity index (χ3v) is 4.33.